The average molecular weight is 696 g/mol. The van der Waals surface area contributed by atoms with Gasteiger partial charge in [0.2, 0.25) is 0 Å². The molecule has 0 spiro atoms. The summed E-state index contributed by atoms with van der Waals surface area (Å²) in [7, 11) is 0. The Labute approximate surface area is 325 Å². The maximum Gasteiger partial charge on any atom is 0.0629 e. The van der Waals surface area contributed by atoms with Crippen molar-refractivity contribution in [2.45, 2.75) is 0 Å². The number of aromatic nitrogens is 1. The molecule has 0 unspecified atom stereocenters. The molecule has 0 aliphatic rings. The molecule has 0 radical (unpaired) electrons. The van der Waals surface area contributed by atoms with Crippen LogP contribution in [0.2, 0.25) is 0 Å². The van der Waals surface area contributed by atoms with E-state index >= 15 is 0 Å². The highest BCUT2D eigenvalue weighted by molar-refractivity contribution is 6.16. The lowest BCUT2D eigenvalue weighted by Gasteiger charge is -2.26. The average Bonchev–Trinajstić information content (AvgIpc) is 3.65. The smallest absolute Gasteiger partial charge is 0.0629 e. The van der Waals surface area contributed by atoms with E-state index in [1.165, 1.54) is 0 Å². The number of benzene rings is 9. The minimum atomic E-state index is -0.473. The van der Waals surface area contributed by atoms with Crippen LogP contribution in [-0.4, -0.2) is 4.57 Å². The van der Waals surface area contributed by atoms with Crippen molar-refractivity contribution in [3.63, 3.8) is 0 Å². The molecule has 9 aromatic carbocycles. The molecule has 254 valence electrons. The molecule has 0 aliphatic carbocycles. The number of hydrogen-bond donors (Lipinski definition) is 0. The van der Waals surface area contributed by atoms with Crippen LogP contribution in [0.15, 0.2) is 218 Å². The Morgan fingerprint density at radius 3 is 1.80 bits per heavy atom. The Morgan fingerprint density at radius 2 is 1.00 bits per heavy atom. The first-order valence-electron chi connectivity index (χ1n) is 21.4. The standard InChI is InChI=1S/C52H36N2/c1-3-14-37(15-4-1)38-28-32-43(33-29-38)53(44-34-30-40(31-35-44)47-24-12-17-39-16-7-8-22-46(39)47)45-21-11-18-41(36-45)48-25-13-27-51-52(48)49-23-9-10-26-50(49)54(51)42-19-5-2-6-20-42/h1-36H/i7D,8D,12D,16D,17D,22D,24D. The third kappa shape index (κ3) is 5.53. The monoisotopic (exact) mass is 695 g/mol. The van der Waals surface area contributed by atoms with Crippen LogP contribution in [-0.2, 0) is 0 Å². The molecule has 0 N–H and O–H groups in total. The fraction of sp³-hybridized carbons (Fsp3) is 0. The minimum Gasteiger partial charge on any atom is -0.310 e. The van der Waals surface area contributed by atoms with Gasteiger partial charge in [-0.05, 0) is 105 Å². The zero-order valence-corrected chi connectivity index (χ0v) is 29.1. The fourth-order valence-corrected chi connectivity index (χ4v) is 7.61. The summed E-state index contributed by atoms with van der Waals surface area (Å²) in [6.45, 7) is 0. The summed E-state index contributed by atoms with van der Waals surface area (Å²) in [6, 6.07) is 57.4. The van der Waals surface area contributed by atoms with Crippen LogP contribution in [0.1, 0.15) is 9.60 Å². The van der Waals surface area contributed by atoms with Gasteiger partial charge in [0.05, 0.1) is 20.6 Å². The molecule has 1 aromatic heterocycles. The fourth-order valence-electron chi connectivity index (χ4n) is 7.61. The molecule has 0 amide bonds. The van der Waals surface area contributed by atoms with Gasteiger partial charge in [-0.25, -0.2) is 0 Å². The second-order valence-electron chi connectivity index (χ2n) is 13.2. The molecule has 10 aromatic rings. The van der Waals surface area contributed by atoms with E-state index < -0.39 is 30.2 Å². The topological polar surface area (TPSA) is 8.17 Å². The van der Waals surface area contributed by atoms with Gasteiger partial charge < -0.3 is 9.47 Å². The maximum atomic E-state index is 8.94. The zero-order valence-electron chi connectivity index (χ0n) is 36.1. The Hall–Kier alpha value is -7.16. The molecular formula is C52H36N2. The molecule has 0 saturated carbocycles. The second-order valence-corrected chi connectivity index (χ2v) is 13.2. The van der Waals surface area contributed by atoms with E-state index in [2.05, 4.69) is 137 Å². The summed E-state index contributed by atoms with van der Waals surface area (Å²) < 4.78 is 62.5. The molecular weight excluding hydrogens is 653 g/mol. The summed E-state index contributed by atoms with van der Waals surface area (Å²) in [4.78, 5) is 2.17. The van der Waals surface area contributed by atoms with E-state index in [1.54, 1.807) is 0 Å². The Balaban J connectivity index is 1.14. The van der Waals surface area contributed by atoms with Crippen molar-refractivity contribution in [2.75, 3.05) is 4.90 Å². The van der Waals surface area contributed by atoms with Crippen molar-refractivity contribution in [1.29, 1.82) is 0 Å². The van der Waals surface area contributed by atoms with Gasteiger partial charge in [0, 0.05) is 33.5 Å². The lowest BCUT2D eigenvalue weighted by molar-refractivity contribution is 1.18. The second kappa shape index (κ2) is 13.4. The Morgan fingerprint density at radius 1 is 0.389 bits per heavy atom. The molecule has 0 saturated heterocycles. The molecule has 0 atom stereocenters. The van der Waals surface area contributed by atoms with Crippen molar-refractivity contribution in [2.24, 2.45) is 0 Å². The number of fused-ring (bicyclic) bond motifs is 4. The quantitative estimate of drug-likeness (QED) is 0.161. The van der Waals surface area contributed by atoms with Gasteiger partial charge in [-0.15, -0.1) is 0 Å². The predicted molar refractivity (Wildman–Crippen MR) is 229 cm³/mol. The van der Waals surface area contributed by atoms with Crippen LogP contribution in [0.3, 0.4) is 0 Å². The van der Waals surface area contributed by atoms with Gasteiger partial charge in [-0.2, -0.15) is 0 Å². The van der Waals surface area contributed by atoms with Gasteiger partial charge in [0.25, 0.3) is 0 Å². The predicted octanol–water partition coefficient (Wildman–Crippen LogP) is 14.4. The van der Waals surface area contributed by atoms with Crippen molar-refractivity contribution in [3.8, 4) is 39.1 Å². The lowest BCUT2D eigenvalue weighted by Crippen LogP contribution is -2.10. The normalized spacial score (nSPS) is 13.1. The van der Waals surface area contributed by atoms with E-state index in [9.17, 15) is 0 Å². The zero-order chi connectivity index (χ0) is 41.9. The third-order valence-electron chi connectivity index (χ3n) is 10.1. The van der Waals surface area contributed by atoms with E-state index in [0.717, 1.165) is 66.8 Å². The molecule has 0 aliphatic heterocycles. The largest absolute Gasteiger partial charge is 0.310 e. The van der Waals surface area contributed by atoms with Crippen molar-refractivity contribution in [3.05, 3.63) is 218 Å². The first kappa shape index (κ1) is 24.9. The number of anilines is 3. The Bertz CT molecular complexity index is 3300. The summed E-state index contributed by atoms with van der Waals surface area (Å²) in [5.41, 5.74) is 11.0. The first-order valence-corrected chi connectivity index (χ1v) is 17.9. The van der Waals surface area contributed by atoms with Crippen LogP contribution >= 0.6 is 0 Å². The van der Waals surface area contributed by atoms with Gasteiger partial charge in [-0.3, -0.25) is 0 Å². The van der Waals surface area contributed by atoms with Crippen LogP contribution in [0.25, 0.3) is 71.6 Å². The van der Waals surface area contributed by atoms with Crippen molar-refractivity contribution < 1.29 is 9.60 Å². The van der Waals surface area contributed by atoms with Gasteiger partial charge in [0.15, 0.2) is 0 Å². The van der Waals surface area contributed by atoms with Gasteiger partial charge in [-0.1, -0.05) is 158 Å². The highest BCUT2D eigenvalue weighted by atomic mass is 15.1. The summed E-state index contributed by atoms with van der Waals surface area (Å²) in [6.07, 6.45) is 0. The van der Waals surface area contributed by atoms with Crippen molar-refractivity contribution >= 4 is 49.6 Å². The highest BCUT2D eigenvalue weighted by Crippen LogP contribution is 2.42. The summed E-state index contributed by atoms with van der Waals surface area (Å²) >= 11 is 0. The van der Waals surface area contributed by atoms with Crippen LogP contribution < -0.4 is 4.90 Å². The Kier molecular flexibility index (Phi) is 6.20. The molecule has 10 rings (SSSR count). The third-order valence-corrected chi connectivity index (χ3v) is 10.1. The van der Waals surface area contributed by atoms with Crippen LogP contribution in [0.4, 0.5) is 17.1 Å². The lowest BCUT2D eigenvalue weighted by atomic mass is 9.97. The van der Waals surface area contributed by atoms with E-state index in [-0.39, 0.29) is 28.4 Å². The van der Waals surface area contributed by atoms with Gasteiger partial charge >= 0.3 is 0 Å². The van der Waals surface area contributed by atoms with E-state index in [0.29, 0.717) is 5.56 Å². The first-order chi connectivity index (χ1) is 29.7. The number of rotatable bonds is 7. The minimum absolute atomic E-state index is 0.0635. The molecule has 0 fully saturated rings. The molecule has 1 heterocycles. The summed E-state index contributed by atoms with van der Waals surface area (Å²) in [5.74, 6) is 0. The van der Waals surface area contributed by atoms with E-state index in [4.69, 9.17) is 9.60 Å². The van der Waals surface area contributed by atoms with Crippen molar-refractivity contribution in [1.82, 2.24) is 4.57 Å². The summed E-state index contributed by atoms with van der Waals surface area (Å²) in [5, 5.41) is 2.32. The molecule has 0 bridgehead atoms. The molecule has 2 nitrogen and oxygen atoms in total. The van der Waals surface area contributed by atoms with Crippen LogP contribution in [0.5, 0.6) is 0 Å². The van der Waals surface area contributed by atoms with Gasteiger partial charge in [0.1, 0.15) is 0 Å². The number of para-hydroxylation sites is 2. The SMILES string of the molecule is [2H]c1c([2H])c([2H])c2c(-c3ccc(N(c4ccc(-c5ccccc5)cc4)c4cccc(-c5cccc6c5c5ccccc5n6-c5ccccc5)c4)cc3)c([2H])c([2H])c([2H])c2c1[2H]. The molecule has 2 heteroatoms. The van der Waals surface area contributed by atoms with Crippen LogP contribution in [0, 0.1) is 0 Å². The number of nitrogens with zero attached hydrogens (tertiary/aromatic N) is 2. The highest BCUT2D eigenvalue weighted by Gasteiger charge is 2.18. The van der Waals surface area contributed by atoms with E-state index in [1.807, 2.05) is 48.5 Å². The maximum absolute atomic E-state index is 8.94. The molecule has 54 heavy (non-hydrogen) atoms. The number of hydrogen-bond acceptors (Lipinski definition) is 1.